The molecule has 1 aliphatic rings. The number of alkyl halides is 3. The summed E-state index contributed by atoms with van der Waals surface area (Å²) in [5.74, 6) is 0.109. The van der Waals surface area contributed by atoms with Crippen LogP contribution in [0, 0.1) is 0 Å². The van der Waals surface area contributed by atoms with E-state index in [0.717, 1.165) is 25.3 Å². The predicted octanol–water partition coefficient (Wildman–Crippen LogP) is 4.32. The molecule has 0 aliphatic heterocycles. The van der Waals surface area contributed by atoms with Crippen molar-refractivity contribution in [3.05, 3.63) is 35.4 Å². The van der Waals surface area contributed by atoms with Gasteiger partial charge < -0.3 is 0 Å². The van der Waals surface area contributed by atoms with Crippen LogP contribution in [-0.2, 0) is 11.0 Å². The Kier molecular flexibility index (Phi) is 3.73. The van der Waals surface area contributed by atoms with E-state index in [4.69, 9.17) is 0 Å². The molecule has 2 rings (SSSR count). The fourth-order valence-electron chi connectivity index (χ4n) is 2.45. The van der Waals surface area contributed by atoms with Crippen molar-refractivity contribution in [2.75, 3.05) is 0 Å². The van der Waals surface area contributed by atoms with Crippen molar-refractivity contribution in [1.82, 2.24) is 0 Å². The molecule has 0 aromatic heterocycles. The second kappa shape index (κ2) is 5.12. The van der Waals surface area contributed by atoms with Crippen molar-refractivity contribution in [2.45, 2.75) is 44.2 Å². The number of ketones is 1. The highest BCUT2D eigenvalue weighted by atomic mass is 19.4. The highest BCUT2D eigenvalue weighted by Gasteiger charge is 2.31. The molecule has 1 aromatic rings. The van der Waals surface area contributed by atoms with Crippen molar-refractivity contribution in [2.24, 2.45) is 0 Å². The third-order valence-electron chi connectivity index (χ3n) is 3.42. The molecule has 0 N–H and O–H groups in total. The van der Waals surface area contributed by atoms with Gasteiger partial charge in [-0.3, -0.25) is 4.79 Å². The minimum absolute atomic E-state index is 0.0534. The summed E-state index contributed by atoms with van der Waals surface area (Å²) in [7, 11) is 0. The van der Waals surface area contributed by atoms with Gasteiger partial charge in [0.25, 0.3) is 0 Å². The number of halogens is 3. The monoisotopic (exact) mass is 256 g/mol. The summed E-state index contributed by atoms with van der Waals surface area (Å²) in [5, 5.41) is 0. The summed E-state index contributed by atoms with van der Waals surface area (Å²) in [6.45, 7) is 0. The van der Waals surface area contributed by atoms with Gasteiger partial charge in [0.2, 0.25) is 0 Å². The lowest BCUT2D eigenvalue weighted by Crippen LogP contribution is -2.08. The number of carbonyl (C=O) groups excluding carboxylic acids is 1. The third kappa shape index (κ3) is 3.12. The van der Waals surface area contributed by atoms with Crippen LogP contribution in [0.15, 0.2) is 24.3 Å². The largest absolute Gasteiger partial charge is 0.416 e. The topological polar surface area (TPSA) is 17.1 Å². The molecule has 1 nitrogen and oxygen atoms in total. The standard InChI is InChI=1S/C14H15F3O/c15-14(16,17)12-6-3-5-10(8-12)11-4-1-2-7-13(18)9-11/h3,5-6,8,11H,1-2,4,7,9H2. The lowest BCUT2D eigenvalue weighted by Gasteiger charge is -2.15. The Morgan fingerprint density at radius 3 is 2.67 bits per heavy atom. The molecule has 1 aliphatic carbocycles. The fourth-order valence-corrected chi connectivity index (χ4v) is 2.45. The van der Waals surface area contributed by atoms with Gasteiger partial charge in [-0.25, -0.2) is 0 Å². The lowest BCUT2D eigenvalue weighted by molar-refractivity contribution is -0.137. The normalized spacial score (nSPS) is 21.7. The Bertz CT molecular complexity index is 437. The molecule has 1 unspecified atom stereocenters. The Morgan fingerprint density at radius 1 is 1.17 bits per heavy atom. The first-order valence-electron chi connectivity index (χ1n) is 6.15. The van der Waals surface area contributed by atoms with E-state index >= 15 is 0 Å². The number of hydrogen-bond acceptors (Lipinski definition) is 1. The van der Waals surface area contributed by atoms with Crippen LogP contribution < -0.4 is 0 Å². The Balaban J connectivity index is 2.24. The first kappa shape index (κ1) is 13.1. The van der Waals surface area contributed by atoms with E-state index in [1.165, 1.54) is 12.1 Å². The second-order valence-corrected chi connectivity index (χ2v) is 4.81. The van der Waals surface area contributed by atoms with E-state index in [9.17, 15) is 18.0 Å². The Morgan fingerprint density at radius 2 is 1.94 bits per heavy atom. The van der Waals surface area contributed by atoms with Crippen LogP contribution in [0.4, 0.5) is 13.2 Å². The van der Waals surface area contributed by atoms with Crippen LogP contribution in [0.5, 0.6) is 0 Å². The molecule has 0 spiro atoms. The minimum Gasteiger partial charge on any atom is -0.300 e. The lowest BCUT2D eigenvalue weighted by atomic mass is 9.90. The van der Waals surface area contributed by atoms with Crippen molar-refractivity contribution in [1.29, 1.82) is 0 Å². The van der Waals surface area contributed by atoms with E-state index in [0.29, 0.717) is 18.4 Å². The van der Waals surface area contributed by atoms with Gasteiger partial charge in [-0.05, 0) is 30.4 Å². The van der Waals surface area contributed by atoms with E-state index < -0.39 is 11.7 Å². The molecule has 98 valence electrons. The van der Waals surface area contributed by atoms with Crippen LogP contribution in [0.25, 0.3) is 0 Å². The van der Waals surface area contributed by atoms with Crippen LogP contribution in [-0.4, -0.2) is 5.78 Å². The highest BCUT2D eigenvalue weighted by molar-refractivity contribution is 5.79. The van der Waals surface area contributed by atoms with Gasteiger partial charge in [0.15, 0.2) is 0 Å². The first-order valence-corrected chi connectivity index (χ1v) is 6.15. The third-order valence-corrected chi connectivity index (χ3v) is 3.42. The summed E-state index contributed by atoms with van der Waals surface area (Å²) >= 11 is 0. The maximum atomic E-state index is 12.6. The summed E-state index contributed by atoms with van der Waals surface area (Å²) in [5.41, 5.74) is 0.0109. The Hall–Kier alpha value is -1.32. The quantitative estimate of drug-likeness (QED) is 0.684. The second-order valence-electron chi connectivity index (χ2n) is 4.81. The molecular formula is C14H15F3O. The molecular weight excluding hydrogens is 241 g/mol. The number of rotatable bonds is 1. The predicted molar refractivity (Wildman–Crippen MR) is 62.3 cm³/mol. The fraction of sp³-hybridized carbons (Fsp3) is 0.500. The summed E-state index contributed by atoms with van der Waals surface area (Å²) in [6.07, 6.45) is -0.810. The summed E-state index contributed by atoms with van der Waals surface area (Å²) in [4.78, 5) is 11.5. The van der Waals surface area contributed by atoms with Gasteiger partial charge in [0.05, 0.1) is 5.56 Å². The van der Waals surface area contributed by atoms with Crippen LogP contribution in [0.2, 0.25) is 0 Å². The number of Topliss-reactive ketones (excluding diaryl/α,β-unsaturated/α-hetero) is 1. The van der Waals surface area contributed by atoms with Gasteiger partial charge >= 0.3 is 6.18 Å². The van der Waals surface area contributed by atoms with Crippen molar-refractivity contribution < 1.29 is 18.0 Å². The van der Waals surface area contributed by atoms with Crippen LogP contribution >= 0.6 is 0 Å². The minimum atomic E-state index is -4.31. The summed E-state index contributed by atoms with van der Waals surface area (Å²) in [6, 6.07) is 5.37. The molecule has 1 fully saturated rings. The van der Waals surface area contributed by atoms with Crippen molar-refractivity contribution in [3.8, 4) is 0 Å². The van der Waals surface area contributed by atoms with E-state index in [1.807, 2.05) is 0 Å². The van der Waals surface area contributed by atoms with Gasteiger partial charge in [0, 0.05) is 12.8 Å². The molecule has 4 heteroatoms. The maximum absolute atomic E-state index is 12.6. The highest BCUT2D eigenvalue weighted by Crippen LogP contribution is 2.34. The molecule has 0 saturated heterocycles. The molecule has 1 aromatic carbocycles. The van der Waals surface area contributed by atoms with E-state index in [1.54, 1.807) is 6.07 Å². The van der Waals surface area contributed by atoms with Gasteiger partial charge in [0.1, 0.15) is 5.78 Å². The Labute approximate surface area is 104 Å². The van der Waals surface area contributed by atoms with Gasteiger partial charge in [-0.2, -0.15) is 13.2 Å². The molecule has 1 saturated carbocycles. The van der Waals surface area contributed by atoms with Crippen LogP contribution in [0.3, 0.4) is 0 Å². The smallest absolute Gasteiger partial charge is 0.300 e. The number of carbonyl (C=O) groups is 1. The van der Waals surface area contributed by atoms with Gasteiger partial charge in [-0.15, -0.1) is 0 Å². The van der Waals surface area contributed by atoms with Crippen molar-refractivity contribution >= 4 is 5.78 Å². The van der Waals surface area contributed by atoms with Gasteiger partial charge in [-0.1, -0.05) is 24.6 Å². The molecule has 0 bridgehead atoms. The summed E-state index contributed by atoms with van der Waals surface area (Å²) < 4.78 is 37.9. The first-order chi connectivity index (χ1) is 8.47. The molecule has 18 heavy (non-hydrogen) atoms. The maximum Gasteiger partial charge on any atom is 0.416 e. The molecule has 0 heterocycles. The van der Waals surface area contributed by atoms with E-state index in [2.05, 4.69) is 0 Å². The number of hydrogen-bond donors (Lipinski definition) is 0. The average molecular weight is 256 g/mol. The van der Waals surface area contributed by atoms with Crippen molar-refractivity contribution in [3.63, 3.8) is 0 Å². The zero-order chi connectivity index (χ0) is 13.2. The zero-order valence-electron chi connectivity index (χ0n) is 9.96. The van der Waals surface area contributed by atoms with E-state index in [-0.39, 0.29) is 11.7 Å². The van der Waals surface area contributed by atoms with Crippen LogP contribution in [0.1, 0.15) is 49.1 Å². The average Bonchev–Trinajstić information content (AvgIpc) is 2.53. The molecule has 1 atom stereocenters. The zero-order valence-corrected chi connectivity index (χ0v) is 9.96. The molecule has 0 radical (unpaired) electrons. The SMILES string of the molecule is O=C1CCCCC(c2cccc(C(F)(F)F)c2)C1. The number of benzene rings is 1. The molecule has 0 amide bonds.